The van der Waals surface area contributed by atoms with Crippen molar-refractivity contribution in [3.8, 4) is 17.3 Å². The van der Waals surface area contributed by atoms with Crippen LogP contribution >= 0.6 is 0 Å². The number of nitrogens with one attached hydrogen (secondary N) is 1. The number of carbonyl (C=O) groups excluding carboxylic acids is 1. The summed E-state index contributed by atoms with van der Waals surface area (Å²) in [7, 11) is 1.61. The second kappa shape index (κ2) is 9.25. The topological polar surface area (TPSA) is 96.9 Å². The summed E-state index contributed by atoms with van der Waals surface area (Å²) < 4.78 is 19.9. The molecular weight excluding hydrogens is 447 g/mol. The number of ether oxygens (including phenoxy) is 1. The molecule has 4 aromatic rings. The molecule has 0 saturated heterocycles. The predicted molar refractivity (Wildman–Crippen MR) is 129 cm³/mol. The summed E-state index contributed by atoms with van der Waals surface area (Å²) in [4.78, 5) is 27.8. The van der Waals surface area contributed by atoms with Crippen LogP contribution in [-0.4, -0.2) is 44.7 Å². The Morgan fingerprint density at radius 2 is 2.06 bits per heavy atom. The summed E-state index contributed by atoms with van der Waals surface area (Å²) in [6.07, 6.45) is 4.36. The van der Waals surface area contributed by atoms with Crippen LogP contribution in [0.4, 0.5) is 10.2 Å². The first-order valence-electron chi connectivity index (χ1n) is 11.4. The molecule has 35 heavy (non-hydrogen) atoms. The van der Waals surface area contributed by atoms with Gasteiger partial charge in [-0.3, -0.25) is 19.8 Å². The zero-order valence-electron chi connectivity index (χ0n) is 19.7. The first-order chi connectivity index (χ1) is 16.9. The van der Waals surface area contributed by atoms with Gasteiger partial charge in [0.2, 0.25) is 0 Å². The number of hydrogen-bond donors (Lipinski definition) is 1. The number of benzene rings is 1. The SMILES string of the molecule is COc1cc2c(cc1Cc1ccc(-c3n[nH]c(C(C)C)n3)nc1)C(=O)N(c1ncccc1F)CC2. The zero-order chi connectivity index (χ0) is 24.5. The van der Waals surface area contributed by atoms with Gasteiger partial charge >= 0.3 is 0 Å². The smallest absolute Gasteiger partial charge is 0.259 e. The summed E-state index contributed by atoms with van der Waals surface area (Å²) in [5.41, 5.74) is 3.88. The first kappa shape index (κ1) is 22.6. The molecule has 9 heteroatoms. The van der Waals surface area contributed by atoms with Crippen LogP contribution in [0.25, 0.3) is 11.5 Å². The van der Waals surface area contributed by atoms with E-state index in [2.05, 4.69) is 25.1 Å². The van der Waals surface area contributed by atoms with E-state index in [9.17, 15) is 9.18 Å². The Bertz CT molecular complexity index is 1380. The molecule has 0 spiro atoms. The maximum absolute atomic E-state index is 14.3. The Kier molecular flexibility index (Phi) is 5.98. The van der Waals surface area contributed by atoms with E-state index in [-0.39, 0.29) is 17.6 Å². The molecule has 5 rings (SSSR count). The maximum atomic E-state index is 14.3. The van der Waals surface area contributed by atoms with Crippen LogP contribution in [0, 0.1) is 5.82 Å². The van der Waals surface area contributed by atoms with E-state index in [1.807, 2.05) is 38.1 Å². The molecule has 4 heterocycles. The Labute approximate surface area is 202 Å². The van der Waals surface area contributed by atoms with Gasteiger partial charge in [0.25, 0.3) is 5.91 Å². The molecule has 0 aliphatic carbocycles. The quantitative estimate of drug-likeness (QED) is 0.449. The molecule has 1 amide bonds. The number of nitrogens with zero attached hydrogens (tertiary/aromatic N) is 5. The van der Waals surface area contributed by atoms with Crippen molar-refractivity contribution in [2.45, 2.75) is 32.6 Å². The molecule has 8 nitrogen and oxygen atoms in total. The number of carbonyl (C=O) groups is 1. The molecule has 1 N–H and O–H groups in total. The van der Waals surface area contributed by atoms with Crippen LogP contribution in [0.5, 0.6) is 5.75 Å². The van der Waals surface area contributed by atoms with Crippen molar-refractivity contribution in [3.05, 3.63) is 82.7 Å². The average molecular weight is 473 g/mol. The number of hydrogen-bond acceptors (Lipinski definition) is 6. The van der Waals surface area contributed by atoms with Gasteiger partial charge in [-0.1, -0.05) is 19.9 Å². The van der Waals surface area contributed by atoms with Crippen molar-refractivity contribution in [1.29, 1.82) is 0 Å². The van der Waals surface area contributed by atoms with E-state index < -0.39 is 5.82 Å². The highest BCUT2D eigenvalue weighted by Crippen LogP contribution is 2.31. The average Bonchev–Trinajstić information content (AvgIpc) is 3.36. The van der Waals surface area contributed by atoms with Crippen LogP contribution < -0.4 is 9.64 Å². The van der Waals surface area contributed by atoms with E-state index in [0.29, 0.717) is 42.2 Å². The summed E-state index contributed by atoms with van der Waals surface area (Å²) in [6.45, 7) is 4.45. The van der Waals surface area contributed by atoms with Crippen molar-refractivity contribution in [3.63, 3.8) is 0 Å². The minimum Gasteiger partial charge on any atom is -0.496 e. The van der Waals surface area contributed by atoms with Gasteiger partial charge in [0.15, 0.2) is 17.5 Å². The number of aromatic nitrogens is 5. The van der Waals surface area contributed by atoms with Gasteiger partial charge in [-0.2, -0.15) is 5.10 Å². The van der Waals surface area contributed by atoms with Crippen molar-refractivity contribution >= 4 is 11.7 Å². The molecule has 0 bridgehead atoms. The minimum atomic E-state index is -0.517. The fraction of sp³-hybridized carbons (Fsp3) is 0.269. The highest BCUT2D eigenvalue weighted by atomic mass is 19.1. The van der Waals surface area contributed by atoms with Gasteiger partial charge < -0.3 is 4.74 Å². The molecule has 178 valence electrons. The molecule has 1 aliphatic heterocycles. The molecule has 0 unspecified atom stereocenters. The molecule has 3 aromatic heterocycles. The number of methoxy groups -OCH3 is 1. The van der Waals surface area contributed by atoms with E-state index in [0.717, 1.165) is 22.5 Å². The molecule has 0 atom stereocenters. The summed E-state index contributed by atoms with van der Waals surface area (Å²) in [5, 5.41) is 7.19. The van der Waals surface area contributed by atoms with Crippen LogP contribution in [0.15, 0.2) is 48.8 Å². The summed E-state index contributed by atoms with van der Waals surface area (Å²) in [6, 6.07) is 10.4. The van der Waals surface area contributed by atoms with Gasteiger partial charge in [0, 0.05) is 36.8 Å². The zero-order valence-corrected chi connectivity index (χ0v) is 19.7. The largest absolute Gasteiger partial charge is 0.496 e. The maximum Gasteiger partial charge on any atom is 0.259 e. The summed E-state index contributed by atoms with van der Waals surface area (Å²) >= 11 is 0. The van der Waals surface area contributed by atoms with Crippen molar-refractivity contribution in [2.75, 3.05) is 18.6 Å². The third-order valence-electron chi connectivity index (χ3n) is 6.08. The second-order valence-electron chi connectivity index (χ2n) is 8.76. The Morgan fingerprint density at radius 1 is 1.20 bits per heavy atom. The number of anilines is 1. The standard InChI is InChI=1S/C26H25FN6O2/c1-15(2)23-30-24(32-31-23)21-7-6-16(14-29-21)11-18-12-19-17(13-22(18)35-3)8-10-33(26(19)34)25-20(27)5-4-9-28-25/h4-7,9,12-15H,8,10-11H2,1-3H3,(H,30,31,32). The predicted octanol–water partition coefficient (Wildman–Crippen LogP) is 4.33. The van der Waals surface area contributed by atoms with E-state index in [1.165, 1.54) is 23.2 Å². The van der Waals surface area contributed by atoms with Gasteiger partial charge in [-0.15, -0.1) is 0 Å². The van der Waals surface area contributed by atoms with Crippen molar-refractivity contribution in [1.82, 2.24) is 25.1 Å². The van der Waals surface area contributed by atoms with Gasteiger partial charge in [-0.25, -0.2) is 14.4 Å². The van der Waals surface area contributed by atoms with Gasteiger partial charge in [0.1, 0.15) is 17.3 Å². The lowest BCUT2D eigenvalue weighted by Gasteiger charge is -2.29. The number of rotatable bonds is 6. The molecule has 1 aliphatic rings. The third-order valence-corrected chi connectivity index (χ3v) is 6.08. The number of fused-ring (bicyclic) bond motifs is 1. The lowest BCUT2D eigenvalue weighted by molar-refractivity contribution is 0.0978. The number of halogens is 1. The number of aromatic amines is 1. The lowest BCUT2D eigenvalue weighted by atomic mass is 9.93. The fourth-order valence-corrected chi connectivity index (χ4v) is 4.19. The highest BCUT2D eigenvalue weighted by Gasteiger charge is 2.29. The van der Waals surface area contributed by atoms with Crippen molar-refractivity contribution < 1.29 is 13.9 Å². The number of amides is 1. The van der Waals surface area contributed by atoms with Crippen molar-refractivity contribution in [2.24, 2.45) is 0 Å². The number of pyridine rings is 2. The summed E-state index contributed by atoms with van der Waals surface area (Å²) in [5.74, 6) is 1.58. The molecule has 0 fully saturated rings. The molecule has 0 radical (unpaired) electrons. The lowest BCUT2D eigenvalue weighted by Crippen LogP contribution is -2.38. The normalized spacial score (nSPS) is 13.3. The Balaban J connectivity index is 1.42. The molecule has 0 saturated carbocycles. The Morgan fingerprint density at radius 3 is 2.74 bits per heavy atom. The number of H-pyrrole nitrogens is 1. The van der Waals surface area contributed by atoms with Crippen LogP contribution in [0.3, 0.4) is 0 Å². The third kappa shape index (κ3) is 4.37. The van der Waals surface area contributed by atoms with E-state index >= 15 is 0 Å². The highest BCUT2D eigenvalue weighted by molar-refractivity contribution is 6.08. The first-order valence-corrected chi connectivity index (χ1v) is 11.4. The monoisotopic (exact) mass is 472 g/mol. The van der Waals surface area contributed by atoms with Gasteiger partial charge in [0.05, 0.1) is 7.11 Å². The molecular formula is C26H25FN6O2. The fourth-order valence-electron chi connectivity index (χ4n) is 4.19. The van der Waals surface area contributed by atoms with Crippen LogP contribution in [-0.2, 0) is 12.8 Å². The van der Waals surface area contributed by atoms with Crippen LogP contribution in [0.2, 0.25) is 0 Å². The van der Waals surface area contributed by atoms with Gasteiger partial charge in [-0.05, 0) is 53.4 Å². The Hall–Kier alpha value is -4.14. The van der Waals surface area contributed by atoms with E-state index in [4.69, 9.17) is 4.74 Å². The second-order valence-corrected chi connectivity index (χ2v) is 8.76. The molecule has 1 aromatic carbocycles. The van der Waals surface area contributed by atoms with E-state index in [1.54, 1.807) is 13.3 Å². The van der Waals surface area contributed by atoms with Crippen LogP contribution in [0.1, 0.15) is 52.6 Å². The minimum absolute atomic E-state index is 0.0490.